The van der Waals surface area contributed by atoms with Crippen LogP contribution >= 0.6 is 31.9 Å². The van der Waals surface area contributed by atoms with Gasteiger partial charge in [-0.2, -0.15) is 5.26 Å². The second-order valence-electron chi connectivity index (χ2n) is 2.34. The first-order chi connectivity index (χ1) is 6.65. The predicted molar refractivity (Wildman–Crippen MR) is 57.6 cm³/mol. The summed E-state index contributed by atoms with van der Waals surface area (Å²) in [5.41, 5.74) is 0.412. The fraction of sp³-hybridized carbons (Fsp3) is 0.125. The van der Waals surface area contributed by atoms with Crippen molar-refractivity contribution in [2.45, 2.75) is 0 Å². The maximum Gasteiger partial charge on any atom is 0.253 e. The zero-order chi connectivity index (χ0) is 10.6. The van der Waals surface area contributed by atoms with E-state index in [0.717, 1.165) is 0 Å². The molecule has 0 radical (unpaired) electrons. The first-order valence-corrected chi connectivity index (χ1v) is 5.20. The summed E-state index contributed by atoms with van der Waals surface area (Å²) in [6.07, 6.45) is 1.43. The van der Waals surface area contributed by atoms with Crippen LogP contribution in [0.5, 0.6) is 0 Å². The van der Waals surface area contributed by atoms with Crippen LogP contribution in [0.3, 0.4) is 0 Å². The van der Waals surface area contributed by atoms with Crippen molar-refractivity contribution in [3.8, 4) is 6.07 Å². The summed E-state index contributed by atoms with van der Waals surface area (Å²) in [6, 6.07) is 3.45. The number of hydrogen-bond acceptors (Lipinski definition) is 3. The number of carbonyl (C=O) groups excluding carboxylic acids is 1. The van der Waals surface area contributed by atoms with Gasteiger partial charge >= 0.3 is 0 Å². The average Bonchev–Trinajstić information content (AvgIpc) is 2.18. The van der Waals surface area contributed by atoms with E-state index in [9.17, 15) is 4.79 Å². The normalized spacial score (nSPS) is 9.21. The van der Waals surface area contributed by atoms with Gasteiger partial charge in [0.15, 0.2) is 0 Å². The monoisotopic (exact) mass is 317 g/mol. The molecule has 0 atom stereocenters. The number of aromatic nitrogens is 1. The molecule has 0 aliphatic heterocycles. The molecule has 1 heterocycles. The molecule has 1 amide bonds. The molecule has 1 aromatic rings. The number of halogens is 2. The van der Waals surface area contributed by atoms with Crippen molar-refractivity contribution >= 4 is 37.8 Å². The van der Waals surface area contributed by atoms with E-state index in [1.165, 1.54) is 6.20 Å². The third-order valence-electron chi connectivity index (χ3n) is 1.39. The van der Waals surface area contributed by atoms with E-state index in [-0.39, 0.29) is 12.5 Å². The lowest BCUT2D eigenvalue weighted by Crippen LogP contribution is -2.23. The minimum atomic E-state index is -0.313. The number of rotatable bonds is 2. The van der Waals surface area contributed by atoms with Crippen molar-refractivity contribution in [2.75, 3.05) is 6.54 Å². The number of nitrogens with one attached hydrogen (secondary N) is 1. The summed E-state index contributed by atoms with van der Waals surface area (Å²) in [6.45, 7) is -0.00742. The Morgan fingerprint density at radius 2 is 2.36 bits per heavy atom. The third kappa shape index (κ3) is 2.79. The van der Waals surface area contributed by atoms with Gasteiger partial charge in [0, 0.05) is 6.20 Å². The second kappa shape index (κ2) is 5.08. The number of nitriles is 1. The number of carbonyl (C=O) groups is 1. The maximum atomic E-state index is 11.3. The number of amides is 1. The van der Waals surface area contributed by atoms with Crippen LogP contribution in [0.2, 0.25) is 0 Å². The zero-order valence-corrected chi connectivity index (χ0v) is 10.1. The van der Waals surface area contributed by atoms with E-state index < -0.39 is 0 Å². The van der Waals surface area contributed by atoms with Crippen molar-refractivity contribution in [3.05, 3.63) is 26.9 Å². The van der Waals surface area contributed by atoms with Gasteiger partial charge in [-0.3, -0.25) is 4.79 Å². The van der Waals surface area contributed by atoms with Crippen LogP contribution in [-0.2, 0) is 0 Å². The molecule has 0 saturated heterocycles. The zero-order valence-electron chi connectivity index (χ0n) is 6.92. The van der Waals surface area contributed by atoms with Gasteiger partial charge in [0.2, 0.25) is 0 Å². The molecule has 6 heteroatoms. The Morgan fingerprint density at radius 3 is 2.93 bits per heavy atom. The molecule has 4 nitrogen and oxygen atoms in total. The number of hydrogen-bond donors (Lipinski definition) is 1. The van der Waals surface area contributed by atoms with E-state index in [2.05, 4.69) is 42.2 Å². The molecule has 0 aliphatic rings. The molecular formula is C8H5Br2N3O. The lowest BCUT2D eigenvalue weighted by atomic mass is 10.3. The van der Waals surface area contributed by atoms with Gasteiger partial charge in [0.25, 0.3) is 5.91 Å². The summed E-state index contributed by atoms with van der Waals surface area (Å²) < 4.78 is 1.33. The molecule has 14 heavy (non-hydrogen) atoms. The molecule has 0 aromatic carbocycles. The topological polar surface area (TPSA) is 65.8 Å². The molecule has 72 valence electrons. The molecule has 0 bridgehead atoms. The molecule has 1 aromatic heterocycles. The quantitative estimate of drug-likeness (QED) is 0.668. The molecule has 1 N–H and O–H groups in total. The van der Waals surface area contributed by atoms with Gasteiger partial charge in [-0.25, -0.2) is 4.98 Å². The van der Waals surface area contributed by atoms with Gasteiger partial charge < -0.3 is 5.32 Å². The molecular weight excluding hydrogens is 314 g/mol. The first-order valence-electron chi connectivity index (χ1n) is 3.61. The molecule has 0 fully saturated rings. The standard InChI is InChI=1S/C8H5Br2N3O/c9-6-3-5(4-13-7(6)10)8(14)12-2-1-11/h3-4H,2H2,(H,12,14). The highest BCUT2D eigenvalue weighted by atomic mass is 79.9. The molecule has 0 spiro atoms. The van der Waals surface area contributed by atoms with Crippen molar-refractivity contribution in [3.63, 3.8) is 0 Å². The van der Waals surface area contributed by atoms with Gasteiger partial charge in [-0.15, -0.1) is 0 Å². The van der Waals surface area contributed by atoms with E-state index in [1.807, 2.05) is 6.07 Å². The van der Waals surface area contributed by atoms with Gasteiger partial charge in [0.1, 0.15) is 11.1 Å². The Kier molecular flexibility index (Phi) is 4.04. The molecule has 0 saturated carbocycles. The van der Waals surface area contributed by atoms with E-state index in [1.54, 1.807) is 6.07 Å². The van der Waals surface area contributed by atoms with Crippen LogP contribution < -0.4 is 5.32 Å². The van der Waals surface area contributed by atoms with Crippen LogP contribution in [-0.4, -0.2) is 17.4 Å². The summed E-state index contributed by atoms with van der Waals surface area (Å²) in [5, 5.41) is 10.7. The third-order valence-corrected chi connectivity index (χ3v) is 3.15. The van der Waals surface area contributed by atoms with Crippen LogP contribution in [0.1, 0.15) is 10.4 Å². The van der Waals surface area contributed by atoms with Crippen molar-refractivity contribution in [1.29, 1.82) is 5.26 Å². The van der Waals surface area contributed by atoms with Gasteiger partial charge in [-0.05, 0) is 37.9 Å². The number of nitrogens with zero attached hydrogens (tertiary/aromatic N) is 2. The Hall–Kier alpha value is -0.930. The smallest absolute Gasteiger partial charge is 0.253 e. The Labute approximate surface area is 97.6 Å². The fourth-order valence-electron chi connectivity index (χ4n) is 0.767. The van der Waals surface area contributed by atoms with Crippen LogP contribution in [0.15, 0.2) is 21.3 Å². The van der Waals surface area contributed by atoms with Crippen LogP contribution in [0.4, 0.5) is 0 Å². The highest BCUT2D eigenvalue weighted by Crippen LogP contribution is 2.20. The Balaban J connectivity index is 2.82. The van der Waals surface area contributed by atoms with Crippen LogP contribution in [0.25, 0.3) is 0 Å². The van der Waals surface area contributed by atoms with E-state index in [0.29, 0.717) is 14.6 Å². The fourth-order valence-corrected chi connectivity index (χ4v) is 1.33. The van der Waals surface area contributed by atoms with E-state index >= 15 is 0 Å². The van der Waals surface area contributed by atoms with Crippen LogP contribution in [0, 0.1) is 11.3 Å². The Morgan fingerprint density at radius 1 is 1.64 bits per heavy atom. The van der Waals surface area contributed by atoms with Crippen molar-refractivity contribution in [2.24, 2.45) is 0 Å². The summed E-state index contributed by atoms with van der Waals surface area (Å²) in [4.78, 5) is 15.3. The second-order valence-corrected chi connectivity index (χ2v) is 3.94. The minimum Gasteiger partial charge on any atom is -0.339 e. The maximum absolute atomic E-state index is 11.3. The minimum absolute atomic E-state index is 0.00742. The van der Waals surface area contributed by atoms with Crippen molar-refractivity contribution < 1.29 is 4.79 Å². The average molecular weight is 319 g/mol. The predicted octanol–water partition coefficient (Wildman–Crippen LogP) is 1.86. The lowest BCUT2D eigenvalue weighted by molar-refractivity contribution is 0.0958. The lowest BCUT2D eigenvalue weighted by Gasteiger charge is -2.01. The highest BCUT2D eigenvalue weighted by molar-refractivity contribution is 9.13. The molecule has 0 unspecified atom stereocenters. The molecule has 0 aliphatic carbocycles. The first kappa shape index (κ1) is 11.1. The van der Waals surface area contributed by atoms with Crippen molar-refractivity contribution in [1.82, 2.24) is 10.3 Å². The molecule has 1 rings (SSSR count). The Bertz CT molecular complexity index is 400. The summed E-state index contributed by atoms with van der Waals surface area (Å²) >= 11 is 6.42. The summed E-state index contributed by atoms with van der Waals surface area (Å²) in [5.74, 6) is -0.313. The summed E-state index contributed by atoms with van der Waals surface area (Å²) in [7, 11) is 0. The highest BCUT2D eigenvalue weighted by Gasteiger charge is 2.07. The van der Waals surface area contributed by atoms with Gasteiger partial charge in [-0.1, -0.05) is 0 Å². The van der Waals surface area contributed by atoms with Gasteiger partial charge in [0.05, 0.1) is 16.1 Å². The largest absolute Gasteiger partial charge is 0.339 e. The van der Waals surface area contributed by atoms with E-state index in [4.69, 9.17) is 5.26 Å². The SMILES string of the molecule is N#CCNC(=O)c1cnc(Br)c(Br)c1. The number of pyridine rings is 1.